The molecule has 1 aliphatic carbocycles. The lowest BCUT2D eigenvalue weighted by molar-refractivity contribution is -0.143. The SMILES string of the molecule is CCCCCCC(C)OCCC(NC1CC1)C(=O)OC. The molecule has 0 bridgehead atoms. The fourth-order valence-electron chi connectivity index (χ4n) is 2.27. The Kier molecular flexibility index (Phi) is 8.86. The summed E-state index contributed by atoms with van der Waals surface area (Å²) in [5.41, 5.74) is 0. The van der Waals surface area contributed by atoms with Gasteiger partial charge in [0.1, 0.15) is 6.04 Å². The molecule has 0 aromatic heterocycles. The third-order valence-corrected chi connectivity index (χ3v) is 3.77. The first kappa shape index (κ1) is 17.4. The van der Waals surface area contributed by atoms with E-state index in [2.05, 4.69) is 19.2 Å². The van der Waals surface area contributed by atoms with E-state index in [-0.39, 0.29) is 18.1 Å². The predicted molar refractivity (Wildman–Crippen MR) is 80.8 cm³/mol. The van der Waals surface area contributed by atoms with E-state index in [1.807, 2.05) is 0 Å². The van der Waals surface area contributed by atoms with Crippen molar-refractivity contribution in [2.45, 2.75) is 83.4 Å². The number of carbonyl (C=O) groups excluding carboxylic acids is 1. The second-order valence-corrected chi connectivity index (χ2v) is 5.84. The molecule has 1 saturated carbocycles. The lowest BCUT2D eigenvalue weighted by atomic mass is 10.1. The Balaban J connectivity index is 2.10. The standard InChI is InChI=1S/C16H31NO3/c1-4-5-6-7-8-13(2)20-12-11-15(16(18)19-3)17-14-9-10-14/h13-15,17H,4-12H2,1-3H3. The van der Waals surface area contributed by atoms with Gasteiger partial charge in [0.2, 0.25) is 0 Å². The molecule has 0 spiro atoms. The van der Waals surface area contributed by atoms with E-state index in [0.717, 1.165) is 6.42 Å². The Labute approximate surface area is 123 Å². The topological polar surface area (TPSA) is 47.6 Å². The van der Waals surface area contributed by atoms with Gasteiger partial charge in [0.25, 0.3) is 0 Å². The third-order valence-electron chi connectivity index (χ3n) is 3.77. The summed E-state index contributed by atoms with van der Waals surface area (Å²) in [5, 5.41) is 3.32. The van der Waals surface area contributed by atoms with Crippen molar-refractivity contribution in [3.05, 3.63) is 0 Å². The molecule has 0 radical (unpaired) electrons. The maximum atomic E-state index is 11.7. The average molecular weight is 285 g/mol. The van der Waals surface area contributed by atoms with Crippen molar-refractivity contribution in [3.63, 3.8) is 0 Å². The van der Waals surface area contributed by atoms with Crippen LogP contribution < -0.4 is 5.32 Å². The first-order valence-corrected chi connectivity index (χ1v) is 8.12. The van der Waals surface area contributed by atoms with Crippen LogP contribution in [0.2, 0.25) is 0 Å². The molecule has 2 unspecified atom stereocenters. The van der Waals surface area contributed by atoms with Crippen LogP contribution in [-0.2, 0) is 14.3 Å². The molecule has 0 aromatic carbocycles. The number of esters is 1. The Bertz CT molecular complexity index is 266. The highest BCUT2D eigenvalue weighted by Gasteiger charge is 2.28. The van der Waals surface area contributed by atoms with Gasteiger partial charge < -0.3 is 14.8 Å². The molecular formula is C16H31NO3. The molecule has 0 heterocycles. The second kappa shape index (κ2) is 10.2. The Hall–Kier alpha value is -0.610. The number of methoxy groups -OCH3 is 1. The number of rotatable bonds is 12. The summed E-state index contributed by atoms with van der Waals surface area (Å²) < 4.78 is 10.6. The molecule has 4 nitrogen and oxygen atoms in total. The highest BCUT2D eigenvalue weighted by Crippen LogP contribution is 2.20. The number of ether oxygens (including phenoxy) is 2. The second-order valence-electron chi connectivity index (χ2n) is 5.84. The van der Waals surface area contributed by atoms with Crippen LogP contribution in [0.1, 0.15) is 65.2 Å². The van der Waals surface area contributed by atoms with Gasteiger partial charge in [0.05, 0.1) is 13.2 Å². The summed E-state index contributed by atoms with van der Waals surface area (Å²) in [4.78, 5) is 11.7. The number of hydrogen-bond acceptors (Lipinski definition) is 4. The highest BCUT2D eigenvalue weighted by atomic mass is 16.5. The molecule has 4 heteroatoms. The van der Waals surface area contributed by atoms with Crippen molar-refractivity contribution in [1.29, 1.82) is 0 Å². The number of hydrogen-bond donors (Lipinski definition) is 1. The summed E-state index contributed by atoms with van der Waals surface area (Å²) in [6.07, 6.45) is 9.52. The van der Waals surface area contributed by atoms with Gasteiger partial charge in [-0.2, -0.15) is 0 Å². The zero-order valence-corrected chi connectivity index (χ0v) is 13.3. The molecule has 1 N–H and O–H groups in total. The average Bonchev–Trinajstić information content (AvgIpc) is 3.25. The first-order valence-electron chi connectivity index (χ1n) is 8.12. The minimum Gasteiger partial charge on any atom is -0.468 e. The monoisotopic (exact) mass is 285 g/mol. The van der Waals surface area contributed by atoms with Crippen LogP contribution in [0, 0.1) is 0 Å². The van der Waals surface area contributed by atoms with Gasteiger partial charge in [-0.3, -0.25) is 4.79 Å². The maximum Gasteiger partial charge on any atom is 0.322 e. The van der Waals surface area contributed by atoms with Crippen molar-refractivity contribution in [1.82, 2.24) is 5.32 Å². The Morgan fingerprint density at radius 1 is 1.25 bits per heavy atom. The minimum atomic E-state index is -0.209. The molecule has 0 aromatic rings. The highest BCUT2D eigenvalue weighted by molar-refractivity contribution is 5.75. The third kappa shape index (κ3) is 7.85. The van der Waals surface area contributed by atoms with Crippen molar-refractivity contribution < 1.29 is 14.3 Å². The van der Waals surface area contributed by atoms with Gasteiger partial charge >= 0.3 is 5.97 Å². The van der Waals surface area contributed by atoms with Crippen LogP contribution in [0.3, 0.4) is 0 Å². The van der Waals surface area contributed by atoms with Crippen LogP contribution in [0.25, 0.3) is 0 Å². The summed E-state index contributed by atoms with van der Waals surface area (Å²) >= 11 is 0. The lowest BCUT2D eigenvalue weighted by Gasteiger charge is -2.18. The Morgan fingerprint density at radius 3 is 2.60 bits per heavy atom. The number of nitrogens with one attached hydrogen (secondary N) is 1. The smallest absolute Gasteiger partial charge is 0.322 e. The molecule has 20 heavy (non-hydrogen) atoms. The lowest BCUT2D eigenvalue weighted by Crippen LogP contribution is -2.40. The fourth-order valence-corrected chi connectivity index (χ4v) is 2.27. The van der Waals surface area contributed by atoms with E-state index in [1.54, 1.807) is 0 Å². The van der Waals surface area contributed by atoms with E-state index in [9.17, 15) is 4.79 Å². The maximum absolute atomic E-state index is 11.7. The van der Waals surface area contributed by atoms with E-state index < -0.39 is 0 Å². The largest absolute Gasteiger partial charge is 0.468 e. The van der Waals surface area contributed by atoms with Crippen molar-refractivity contribution in [3.8, 4) is 0 Å². The normalized spacial score (nSPS) is 17.8. The van der Waals surface area contributed by atoms with Gasteiger partial charge in [-0.05, 0) is 32.6 Å². The molecular weight excluding hydrogens is 254 g/mol. The fraction of sp³-hybridized carbons (Fsp3) is 0.938. The summed E-state index contributed by atoms with van der Waals surface area (Å²) in [6, 6.07) is 0.297. The summed E-state index contributed by atoms with van der Waals surface area (Å²) in [5.74, 6) is -0.170. The minimum absolute atomic E-state index is 0.170. The molecule has 118 valence electrons. The zero-order chi connectivity index (χ0) is 14.8. The van der Waals surface area contributed by atoms with E-state index in [1.165, 1.54) is 45.6 Å². The summed E-state index contributed by atoms with van der Waals surface area (Å²) in [6.45, 7) is 4.96. The molecule has 2 atom stereocenters. The van der Waals surface area contributed by atoms with Crippen LogP contribution >= 0.6 is 0 Å². The van der Waals surface area contributed by atoms with Gasteiger partial charge in [0, 0.05) is 12.6 Å². The predicted octanol–water partition coefficient (Wildman–Crippen LogP) is 3.05. The van der Waals surface area contributed by atoms with Crippen LogP contribution in [0.15, 0.2) is 0 Å². The van der Waals surface area contributed by atoms with Crippen LogP contribution in [0.4, 0.5) is 0 Å². The van der Waals surface area contributed by atoms with Crippen molar-refractivity contribution >= 4 is 5.97 Å². The van der Waals surface area contributed by atoms with E-state index >= 15 is 0 Å². The number of unbranched alkanes of at least 4 members (excludes halogenated alkanes) is 3. The molecule has 1 rings (SSSR count). The van der Waals surface area contributed by atoms with E-state index in [4.69, 9.17) is 9.47 Å². The molecule has 0 saturated heterocycles. The van der Waals surface area contributed by atoms with Gasteiger partial charge in [-0.1, -0.05) is 32.6 Å². The van der Waals surface area contributed by atoms with Gasteiger partial charge in [-0.25, -0.2) is 0 Å². The molecule has 1 fully saturated rings. The van der Waals surface area contributed by atoms with Gasteiger partial charge in [-0.15, -0.1) is 0 Å². The van der Waals surface area contributed by atoms with E-state index in [0.29, 0.717) is 19.1 Å². The van der Waals surface area contributed by atoms with Crippen LogP contribution in [0.5, 0.6) is 0 Å². The Morgan fingerprint density at radius 2 is 2.00 bits per heavy atom. The quantitative estimate of drug-likeness (QED) is 0.442. The first-order chi connectivity index (χ1) is 9.67. The molecule has 1 aliphatic rings. The zero-order valence-electron chi connectivity index (χ0n) is 13.3. The number of carbonyl (C=O) groups is 1. The van der Waals surface area contributed by atoms with Gasteiger partial charge in [0.15, 0.2) is 0 Å². The van der Waals surface area contributed by atoms with Crippen LogP contribution in [-0.4, -0.2) is 37.9 Å². The van der Waals surface area contributed by atoms with Crippen molar-refractivity contribution in [2.75, 3.05) is 13.7 Å². The molecule has 0 amide bonds. The van der Waals surface area contributed by atoms with Crippen molar-refractivity contribution in [2.24, 2.45) is 0 Å². The molecule has 0 aliphatic heterocycles. The summed E-state index contributed by atoms with van der Waals surface area (Å²) in [7, 11) is 1.45.